The fourth-order valence-corrected chi connectivity index (χ4v) is 2.97. The fraction of sp³-hybridized carbons (Fsp3) is 0.364. The zero-order valence-corrected chi connectivity index (χ0v) is 16.6. The van der Waals surface area contributed by atoms with Gasteiger partial charge >= 0.3 is 0 Å². The maximum absolute atomic E-state index is 12.5. The minimum Gasteiger partial charge on any atom is -0.355 e. The van der Waals surface area contributed by atoms with Crippen LogP contribution in [0.2, 0.25) is 0 Å². The van der Waals surface area contributed by atoms with E-state index in [1.54, 1.807) is 19.2 Å². The number of rotatable bonds is 8. The van der Waals surface area contributed by atoms with Crippen molar-refractivity contribution in [1.82, 2.24) is 10.2 Å². The molecule has 0 heterocycles. The van der Waals surface area contributed by atoms with E-state index in [4.69, 9.17) is 0 Å². The van der Waals surface area contributed by atoms with Crippen LogP contribution < -0.4 is 10.6 Å². The smallest absolute Gasteiger partial charge is 0.251 e. The lowest BCUT2D eigenvalue weighted by Gasteiger charge is -2.19. The Morgan fingerprint density at radius 1 is 1.07 bits per heavy atom. The SMILES string of the molecule is CC[C@H](C)c1ccccc1NC(=O)CN(C)Cc1ccc(C(=O)NC)cc1. The van der Waals surface area contributed by atoms with Crippen LogP contribution in [0.5, 0.6) is 0 Å². The quantitative estimate of drug-likeness (QED) is 0.749. The van der Waals surface area contributed by atoms with Crippen molar-refractivity contribution in [3.8, 4) is 0 Å². The lowest BCUT2D eigenvalue weighted by atomic mass is 9.97. The van der Waals surface area contributed by atoms with E-state index in [-0.39, 0.29) is 11.8 Å². The summed E-state index contributed by atoms with van der Waals surface area (Å²) in [5, 5.41) is 5.65. The zero-order chi connectivity index (χ0) is 19.8. The maximum atomic E-state index is 12.5. The average molecular weight is 367 g/mol. The highest BCUT2D eigenvalue weighted by atomic mass is 16.2. The summed E-state index contributed by atoms with van der Waals surface area (Å²) in [7, 11) is 3.52. The highest BCUT2D eigenvalue weighted by molar-refractivity contribution is 5.94. The van der Waals surface area contributed by atoms with Gasteiger partial charge in [0.05, 0.1) is 6.54 Å². The molecule has 1 atom stereocenters. The molecule has 144 valence electrons. The van der Waals surface area contributed by atoms with Crippen molar-refractivity contribution in [3.05, 3.63) is 65.2 Å². The summed E-state index contributed by atoms with van der Waals surface area (Å²) in [6, 6.07) is 15.4. The molecular formula is C22H29N3O2. The van der Waals surface area contributed by atoms with E-state index < -0.39 is 0 Å². The summed E-state index contributed by atoms with van der Waals surface area (Å²) < 4.78 is 0. The molecule has 0 bridgehead atoms. The average Bonchev–Trinajstić information content (AvgIpc) is 2.67. The van der Waals surface area contributed by atoms with Crippen LogP contribution in [0.3, 0.4) is 0 Å². The van der Waals surface area contributed by atoms with Crippen LogP contribution in [0.25, 0.3) is 0 Å². The second-order valence-electron chi connectivity index (χ2n) is 6.89. The standard InChI is InChI=1S/C22H29N3O2/c1-5-16(2)19-8-6-7-9-20(19)24-21(26)15-25(4)14-17-10-12-18(13-11-17)22(27)23-3/h6-13,16H,5,14-15H2,1-4H3,(H,23,27)(H,24,26)/t16-/m0/s1. The van der Waals surface area contributed by atoms with Crippen molar-refractivity contribution < 1.29 is 9.59 Å². The molecule has 2 aromatic rings. The predicted octanol–water partition coefficient (Wildman–Crippen LogP) is 3.63. The number of carbonyl (C=O) groups is 2. The summed E-state index contributed by atoms with van der Waals surface area (Å²) in [6.07, 6.45) is 1.03. The molecule has 0 radical (unpaired) electrons. The second-order valence-corrected chi connectivity index (χ2v) is 6.89. The van der Waals surface area contributed by atoms with Crippen LogP contribution in [-0.4, -0.2) is 37.4 Å². The number of amides is 2. The van der Waals surface area contributed by atoms with Crippen molar-refractivity contribution >= 4 is 17.5 Å². The van der Waals surface area contributed by atoms with Gasteiger partial charge in [-0.25, -0.2) is 0 Å². The summed E-state index contributed by atoms with van der Waals surface area (Å²) in [4.78, 5) is 26.0. The van der Waals surface area contributed by atoms with E-state index in [1.165, 1.54) is 5.56 Å². The summed E-state index contributed by atoms with van der Waals surface area (Å²) >= 11 is 0. The molecule has 0 unspecified atom stereocenters. The molecule has 0 aromatic heterocycles. The van der Waals surface area contributed by atoms with Gasteiger partial charge in [-0.2, -0.15) is 0 Å². The molecule has 0 saturated carbocycles. The van der Waals surface area contributed by atoms with Gasteiger partial charge in [-0.3, -0.25) is 14.5 Å². The first-order chi connectivity index (χ1) is 12.9. The van der Waals surface area contributed by atoms with Crippen molar-refractivity contribution in [2.24, 2.45) is 0 Å². The molecule has 0 aliphatic heterocycles. The molecule has 0 aliphatic carbocycles. The van der Waals surface area contributed by atoms with E-state index in [2.05, 4.69) is 30.5 Å². The number of carbonyl (C=O) groups excluding carboxylic acids is 2. The topological polar surface area (TPSA) is 61.4 Å². The Bertz CT molecular complexity index is 771. The van der Waals surface area contributed by atoms with Gasteiger partial charge in [-0.1, -0.05) is 44.2 Å². The number of nitrogens with zero attached hydrogens (tertiary/aromatic N) is 1. The first kappa shape index (κ1) is 20.6. The molecular weight excluding hydrogens is 338 g/mol. The van der Waals surface area contributed by atoms with Crippen LogP contribution >= 0.6 is 0 Å². The second kappa shape index (κ2) is 9.88. The first-order valence-corrected chi connectivity index (χ1v) is 9.33. The lowest BCUT2D eigenvalue weighted by molar-refractivity contribution is -0.117. The van der Waals surface area contributed by atoms with Gasteiger partial charge in [0, 0.05) is 24.8 Å². The fourth-order valence-electron chi connectivity index (χ4n) is 2.97. The van der Waals surface area contributed by atoms with Gasteiger partial charge in [-0.15, -0.1) is 0 Å². The van der Waals surface area contributed by atoms with Crippen LogP contribution in [0, 0.1) is 0 Å². The Hall–Kier alpha value is -2.66. The van der Waals surface area contributed by atoms with Gasteiger partial charge < -0.3 is 10.6 Å². The molecule has 5 heteroatoms. The molecule has 2 rings (SSSR count). The van der Waals surface area contributed by atoms with Crippen molar-refractivity contribution in [2.75, 3.05) is 26.0 Å². The zero-order valence-electron chi connectivity index (χ0n) is 16.6. The normalized spacial score (nSPS) is 11.9. The number of hydrogen-bond acceptors (Lipinski definition) is 3. The molecule has 5 nitrogen and oxygen atoms in total. The number of nitrogens with one attached hydrogen (secondary N) is 2. The third-order valence-electron chi connectivity index (χ3n) is 4.69. The molecule has 0 spiro atoms. The number of anilines is 1. The van der Waals surface area contributed by atoms with Gasteiger partial charge in [0.2, 0.25) is 5.91 Å². The van der Waals surface area contributed by atoms with Gasteiger partial charge in [0.15, 0.2) is 0 Å². The predicted molar refractivity (Wildman–Crippen MR) is 110 cm³/mol. The summed E-state index contributed by atoms with van der Waals surface area (Å²) in [6.45, 7) is 5.24. The Morgan fingerprint density at radius 3 is 2.37 bits per heavy atom. The van der Waals surface area contributed by atoms with E-state index >= 15 is 0 Å². The number of benzene rings is 2. The summed E-state index contributed by atoms with van der Waals surface area (Å²) in [5.41, 5.74) is 3.74. The van der Waals surface area contributed by atoms with Crippen molar-refractivity contribution in [1.29, 1.82) is 0 Å². The molecule has 2 N–H and O–H groups in total. The highest BCUT2D eigenvalue weighted by Crippen LogP contribution is 2.26. The molecule has 2 amide bonds. The van der Waals surface area contributed by atoms with E-state index in [0.29, 0.717) is 24.6 Å². The van der Waals surface area contributed by atoms with E-state index in [1.807, 2.05) is 42.3 Å². The van der Waals surface area contributed by atoms with Crippen molar-refractivity contribution in [3.63, 3.8) is 0 Å². The Kier molecular flexibility index (Phi) is 7.55. The van der Waals surface area contributed by atoms with E-state index in [9.17, 15) is 9.59 Å². The minimum atomic E-state index is -0.103. The van der Waals surface area contributed by atoms with Gasteiger partial charge in [-0.05, 0) is 48.7 Å². The summed E-state index contributed by atoms with van der Waals surface area (Å²) in [5.74, 6) is 0.266. The molecule has 0 aliphatic rings. The van der Waals surface area contributed by atoms with Gasteiger partial charge in [0.25, 0.3) is 5.91 Å². The number of para-hydroxylation sites is 1. The molecule has 0 saturated heterocycles. The van der Waals surface area contributed by atoms with Crippen LogP contribution in [0.4, 0.5) is 5.69 Å². The maximum Gasteiger partial charge on any atom is 0.251 e. The molecule has 27 heavy (non-hydrogen) atoms. The van der Waals surface area contributed by atoms with E-state index in [0.717, 1.165) is 17.7 Å². The molecule has 2 aromatic carbocycles. The molecule has 0 fully saturated rings. The third kappa shape index (κ3) is 5.93. The monoisotopic (exact) mass is 367 g/mol. The largest absolute Gasteiger partial charge is 0.355 e. The lowest BCUT2D eigenvalue weighted by Crippen LogP contribution is -2.30. The Labute approximate surface area is 161 Å². The van der Waals surface area contributed by atoms with Crippen molar-refractivity contribution in [2.45, 2.75) is 32.7 Å². The minimum absolute atomic E-state index is 0.0322. The van der Waals surface area contributed by atoms with Crippen LogP contribution in [0.15, 0.2) is 48.5 Å². The number of likely N-dealkylation sites (N-methyl/N-ethyl adjacent to an activating group) is 1. The van der Waals surface area contributed by atoms with Gasteiger partial charge in [0.1, 0.15) is 0 Å². The highest BCUT2D eigenvalue weighted by Gasteiger charge is 2.13. The Morgan fingerprint density at radius 2 is 1.74 bits per heavy atom. The Balaban J connectivity index is 1.93. The number of hydrogen-bond donors (Lipinski definition) is 2. The first-order valence-electron chi connectivity index (χ1n) is 9.33. The van der Waals surface area contributed by atoms with Crippen LogP contribution in [-0.2, 0) is 11.3 Å². The third-order valence-corrected chi connectivity index (χ3v) is 4.69. The van der Waals surface area contributed by atoms with Crippen LogP contribution in [0.1, 0.15) is 47.7 Å².